The summed E-state index contributed by atoms with van der Waals surface area (Å²) >= 11 is 0. The van der Waals surface area contributed by atoms with Gasteiger partial charge in [-0.3, -0.25) is 4.57 Å². The summed E-state index contributed by atoms with van der Waals surface area (Å²) in [6.07, 6.45) is 0. The van der Waals surface area contributed by atoms with E-state index in [-0.39, 0.29) is 0 Å². The van der Waals surface area contributed by atoms with Crippen LogP contribution in [0.2, 0.25) is 0 Å². The molecule has 0 aliphatic heterocycles. The van der Waals surface area contributed by atoms with E-state index < -0.39 is 0 Å². The molecule has 0 aliphatic rings. The van der Waals surface area contributed by atoms with Crippen molar-refractivity contribution in [3.8, 4) is 23.3 Å². The van der Waals surface area contributed by atoms with Gasteiger partial charge in [0.15, 0.2) is 0 Å². The second-order valence-electron chi connectivity index (χ2n) is 12.5. The third-order valence-electron chi connectivity index (χ3n) is 10.0. The first-order valence-electron chi connectivity index (χ1n) is 16.1. The first-order valence-corrected chi connectivity index (χ1v) is 16.1. The number of nitriles is 1. The van der Waals surface area contributed by atoms with Gasteiger partial charge >= 0.3 is 0 Å². The summed E-state index contributed by atoms with van der Waals surface area (Å²) < 4.78 is 4.70. The van der Waals surface area contributed by atoms with Gasteiger partial charge < -0.3 is 4.40 Å². The Bertz CT molecular complexity index is 3170. The molecule has 0 bridgehead atoms. The minimum absolute atomic E-state index is 0.616. The molecule has 48 heavy (non-hydrogen) atoms. The molecule has 0 saturated heterocycles. The topological polar surface area (TPSA) is 58.9 Å². The lowest BCUT2D eigenvalue weighted by molar-refractivity contribution is 1.01. The van der Waals surface area contributed by atoms with Crippen LogP contribution in [0.15, 0.2) is 140 Å². The standard InChI is InChI=1S/C43H23N5/c44-24-25-17-19-26(20-18-25)41-30-12-3-6-14-34(30)45-43(46-41)48-37-22-28-10-2-1-9-27(28)21-33(37)39-38(48)23-32-29-11-4-7-15-35(29)47-36-16-8-5-13-31(36)40(39)42(32)47/h1-23H. The van der Waals surface area contributed by atoms with Gasteiger partial charge in [0, 0.05) is 43.3 Å². The van der Waals surface area contributed by atoms with Gasteiger partial charge in [-0.2, -0.15) is 5.26 Å². The first kappa shape index (κ1) is 25.4. The van der Waals surface area contributed by atoms with E-state index in [2.05, 4.69) is 118 Å². The van der Waals surface area contributed by atoms with Crippen molar-refractivity contribution >= 4 is 81.6 Å². The molecular weight excluding hydrogens is 587 g/mol. The molecular formula is C43H23N5. The summed E-state index contributed by atoms with van der Waals surface area (Å²) in [5.41, 5.74) is 9.06. The summed E-state index contributed by atoms with van der Waals surface area (Å²) in [5.74, 6) is 0.616. The summed E-state index contributed by atoms with van der Waals surface area (Å²) in [6, 6.07) is 51.1. The minimum atomic E-state index is 0.616. The van der Waals surface area contributed by atoms with Crippen molar-refractivity contribution in [3.63, 3.8) is 0 Å². The van der Waals surface area contributed by atoms with Crippen LogP contribution in [0.4, 0.5) is 0 Å². The zero-order chi connectivity index (χ0) is 31.5. The fourth-order valence-corrected chi connectivity index (χ4v) is 8.00. The van der Waals surface area contributed by atoms with Crippen LogP contribution in [0.5, 0.6) is 0 Å². The van der Waals surface area contributed by atoms with Crippen molar-refractivity contribution in [2.75, 3.05) is 0 Å². The zero-order valence-electron chi connectivity index (χ0n) is 25.5. The number of hydrogen-bond donors (Lipinski definition) is 0. The molecule has 4 heterocycles. The Morgan fingerprint density at radius 2 is 1.17 bits per heavy atom. The van der Waals surface area contributed by atoms with Crippen LogP contribution in [0.3, 0.4) is 0 Å². The highest BCUT2D eigenvalue weighted by atomic mass is 15.2. The van der Waals surface area contributed by atoms with Crippen LogP contribution in [0, 0.1) is 11.3 Å². The molecule has 11 rings (SSSR count). The molecule has 4 aromatic heterocycles. The van der Waals surface area contributed by atoms with Gasteiger partial charge in [0.1, 0.15) is 0 Å². The molecule has 0 aliphatic carbocycles. The highest BCUT2D eigenvalue weighted by Gasteiger charge is 2.25. The van der Waals surface area contributed by atoms with E-state index in [1.165, 1.54) is 59.6 Å². The molecule has 0 atom stereocenters. The summed E-state index contributed by atoms with van der Waals surface area (Å²) in [6.45, 7) is 0. The Morgan fingerprint density at radius 3 is 1.96 bits per heavy atom. The molecule has 0 N–H and O–H groups in total. The van der Waals surface area contributed by atoms with Crippen LogP contribution in [-0.4, -0.2) is 18.9 Å². The molecule has 5 heteroatoms. The smallest absolute Gasteiger partial charge is 0.235 e. The Kier molecular flexibility index (Phi) is 4.85. The molecule has 0 saturated carbocycles. The lowest BCUT2D eigenvalue weighted by Gasteiger charge is -2.12. The van der Waals surface area contributed by atoms with E-state index in [0.29, 0.717) is 11.5 Å². The Balaban J connectivity index is 1.38. The van der Waals surface area contributed by atoms with E-state index in [0.717, 1.165) is 33.2 Å². The molecule has 7 aromatic carbocycles. The lowest BCUT2D eigenvalue weighted by Crippen LogP contribution is -2.03. The first-order chi connectivity index (χ1) is 23.8. The van der Waals surface area contributed by atoms with Gasteiger partial charge in [-0.15, -0.1) is 0 Å². The zero-order valence-corrected chi connectivity index (χ0v) is 25.5. The number of rotatable bonds is 2. The van der Waals surface area contributed by atoms with E-state index in [4.69, 9.17) is 9.97 Å². The molecule has 0 amide bonds. The molecule has 0 unspecified atom stereocenters. The van der Waals surface area contributed by atoms with Crippen molar-refractivity contribution in [2.24, 2.45) is 0 Å². The second-order valence-corrected chi connectivity index (χ2v) is 12.5. The number of para-hydroxylation sites is 3. The monoisotopic (exact) mass is 609 g/mol. The molecule has 11 aromatic rings. The maximum absolute atomic E-state index is 9.47. The molecule has 5 nitrogen and oxygen atoms in total. The van der Waals surface area contributed by atoms with Crippen molar-refractivity contribution in [3.05, 3.63) is 145 Å². The number of hydrogen-bond acceptors (Lipinski definition) is 3. The average molecular weight is 610 g/mol. The van der Waals surface area contributed by atoms with Gasteiger partial charge in [-0.25, -0.2) is 9.97 Å². The normalized spacial score (nSPS) is 12.1. The maximum Gasteiger partial charge on any atom is 0.235 e. The molecule has 0 radical (unpaired) electrons. The van der Waals surface area contributed by atoms with E-state index in [1.807, 2.05) is 36.4 Å². The van der Waals surface area contributed by atoms with Gasteiger partial charge in [-0.05, 0) is 59.3 Å². The molecule has 0 fully saturated rings. The van der Waals surface area contributed by atoms with Gasteiger partial charge in [0.25, 0.3) is 0 Å². The fraction of sp³-hybridized carbons (Fsp3) is 0. The predicted molar refractivity (Wildman–Crippen MR) is 196 cm³/mol. The number of nitrogens with zero attached hydrogens (tertiary/aromatic N) is 5. The Labute approximate surface area is 273 Å². The average Bonchev–Trinajstić information content (AvgIpc) is 3.77. The highest BCUT2D eigenvalue weighted by Crippen LogP contribution is 2.47. The van der Waals surface area contributed by atoms with Crippen LogP contribution in [0.25, 0.3) is 98.8 Å². The van der Waals surface area contributed by atoms with E-state index in [9.17, 15) is 5.26 Å². The van der Waals surface area contributed by atoms with Crippen molar-refractivity contribution in [1.29, 1.82) is 5.26 Å². The maximum atomic E-state index is 9.47. The van der Waals surface area contributed by atoms with Crippen LogP contribution in [0.1, 0.15) is 5.56 Å². The summed E-state index contributed by atoms with van der Waals surface area (Å²) in [7, 11) is 0. The molecule has 220 valence electrons. The summed E-state index contributed by atoms with van der Waals surface area (Å²) in [5, 5.41) is 20.1. The summed E-state index contributed by atoms with van der Waals surface area (Å²) in [4.78, 5) is 10.6. The number of benzene rings is 7. The van der Waals surface area contributed by atoms with Crippen molar-refractivity contribution in [2.45, 2.75) is 0 Å². The van der Waals surface area contributed by atoms with Gasteiger partial charge in [0.2, 0.25) is 5.95 Å². The lowest BCUT2D eigenvalue weighted by atomic mass is 10.0. The predicted octanol–water partition coefficient (Wildman–Crippen LogP) is 10.6. The van der Waals surface area contributed by atoms with E-state index in [1.54, 1.807) is 0 Å². The number of fused-ring (bicyclic) bond motifs is 12. The Hall–Kier alpha value is -6.77. The van der Waals surface area contributed by atoms with Crippen LogP contribution < -0.4 is 0 Å². The second kappa shape index (κ2) is 9.16. The van der Waals surface area contributed by atoms with Gasteiger partial charge in [-0.1, -0.05) is 91.0 Å². The minimum Gasteiger partial charge on any atom is -0.308 e. The fourth-order valence-electron chi connectivity index (χ4n) is 8.00. The molecule has 0 spiro atoms. The van der Waals surface area contributed by atoms with Gasteiger partial charge in [0.05, 0.1) is 50.4 Å². The third-order valence-corrected chi connectivity index (χ3v) is 10.0. The van der Waals surface area contributed by atoms with Crippen LogP contribution in [-0.2, 0) is 0 Å². The number of aromatic nitrogens is 4. The van der Waals surface area contributed by atoms with Crippen molar-refractivity contribution in [1.82, 2.24) is 18.9 Å². The third kappa shape index (κ3) is 3.23. The Morgan fingerprint density at radius 1 is 0.500 bits per heavy atom. The van der Waals surface area contributed by atoms with E-state index >= 15 is 0 Å². The SMILES string of the molecule is N#Cc1ccc(-c2nc(-n3c4cc5ccccc5cc4c4c5c6ccccc6n6c7ccccc7c(cc43)c56)nc3ccccc23)cc1. The highest BCUT2D eigenvalue weighted by molar-refractivity contribution is 6.36. The quantitative estimate of drug-likeness (QED) is 0.196. The van der Waals surface area contributed by atoms with Crippen LogP contribution >= 0.6 is 0 Å². The largest absolute Gasteiger partial charge is 0.308 e. The van der Waals surface area contributed by atoms with Crippen molar-refractivity contribution < 1.29 is 0 Å².